The monoisotopic (exact) mass is 474 g/mol. The van der Waals surface area contributed by atoms with Gasteiger partial charge in [0, 0.05) is 42.4 Å². The summed E-state index contributed by atoms with van der Waals surface area (Å²) in [5.41, 5.74) is -2.39. The molecule has 2 aromatic carbocycles. The number of rotatable bonds is 5. The smallest absolute Gasteiger partial charge is 0.368 e. The van der Waals surface area contributed by atoms with Gasteiger partial charge in [-0.15, -0.1) is 0 Å². The summed E-state index contributed by atoms with van der Waals surface area (Å²) in [6.45, 7) is 3.28. The van der Waals surface area contributed by atoms with Gasteiger partial charge in [0.1, 0.15) is 0 Å². The Morgan fingerprint density at radius 1 is 0.818 bits per heavy atom. The van der Waals surface area contributed by atoms with Crippen LogP contribution in [0.1, 0.15) is 0 Å². The fourth-order valence-electron chi connectivity index (χ4n) is 3.39. The standard InChI is InChI=1S/C22H21F3N6OS/c23-22(24,25)33-19-8-6-16(7-9-19)28-21(32)29-17-14-26-20(27-15-17)31-12-10-30(11-13-31)18-4-2-1-3-5-18/h1-9,14-15H,10-13H2,(H2,28,29,32). The van der Waals surface area contributed by atoms with E-state index in [1.807, 2.05) is 18.2 Å². The number of carbonyl (C=O) groups excluding carboxylic acids is 1. The van der Waals surface area contributed by atoms with Gasteiger partial charge in [0.05, 0.1) is 18.1 Å². The molecule has 4 rings (SSSR count). The van der Waals surface area contributed by atoms with E-state index in [2.05, 4.69) is 42.5 Å². The number of para-hydroxylation sites is 1. The van der Waals surface area contributed by atoms with Crippen molar-refractivity contribution in [2.45, 2.75) is 10.4 Å². The molecule has 0 spiro atoms. The average Bonchev–Trinajstić information content (AvgIpc) is 2.81. The number of thioether (sulfide) groups is 1. The van der Waals surface area contributed by atoms with Crippen LogP contribution in [-0.4, -0.2) is 47.7 Å². The van der Waals surface area contributed by atoms with Crippen LogP contribution >= 0.6 is 11.8 Å². The van der Waals surface area contributed by atoms with Gasteiger partial charge in [0.2, 0.25) is 5.95 Å². The third-order valence-corrected chi connectivity index (χ3v) is 5.67. The SMILES string of the molecule is O=C(Nc1ccc(SC(F)(F)F)cc1)Nc1cnc(N2CCN(c3ccccc3)CC2)nc1. The Morgan fingerprint density at radius 2 is 1.39 bits per heavy atom. The van der Waals surface area contributed by atoms with Crippen molar-refractivity contribution < 1.29 is 18.0 Å². The van der Waals surface area contributed by atoms with E-state index < -0.39 is 11.5 Å². The molecule has 0 unspecified atom stereocenters. The van der Waals surface area contributed by atoms with Gasteiger partial charge in [-0.25, -0.2) is 14.8 Å². The maximum absolute atomic E-state index is 12.4. The minimum atomic E-state index is -4.35. The minimum Gasteiger partial charge on any atom is -0.368 e. The first kappa shape index (κ1) is 22.7. The van der Waals surface area contributed by atoms with E-state index in [4.69, 9.17) is 0 Å². The lowest BCUT2D eigenvalue weighted by molar-refractivity contribution is -0.0328. The molecule has 2 amide bonds. The van der Waals surface area contributed by atoms with E-state index >= 15 is 0 Å². The van der Waals surface area contributed by atoms with Gasteiger partial charge >= 0.3 is 11.5 Å². The fourth-order valence-corrected chi connectivity index (χ4v) is 3.93. The van der Waals surface area contributed by atoms with Crippen LogP contribution in [0.3, 0.4) is 0 Å². The van der Waals surface area contributed by atoms with Gasteiger partial charge in [-0.1, -0.05) is 18.2 Å². The van der Waals surface area contributed by atoms with Gasteiger partial charge < -0.3 is 20.4 Å². The van der Waals surface area contributed by atoms with Crippen LogP contribution in [0.2, 0.25) is 0 Å². The molecule has 2 heterocycles. The molecule has 0 radical (unpaired) electrons. The van der Waals surface area contributed by atoms with Crippen molar-refractivity contribution in [1.82, 2.24) is 9.97 Å². The lowest BCUT2D eigenvalue weighted by atomic mass is 10.2. The van der Waals surface area contributed by atoms with Crippen molar-refractivity contribution in [3.8, 4) is 0 Å². The Balaban J connectivity index is 1.27. The van der Waals surface area contributed by atoms with Gasteiger partial charge in [0.25, 0.3) is 0 Å². The second-order valence-corrected chi connectivity index (χ2v) is 8.37. The highest BCUT2D eigenvalue weighted by atomic mass is 32.2. The van der Waals surface area contributed by atoms with Crippen LogP contribution in [0.15, 0.2) is 71.9 Å². The Labute approximate surface area is 193 Å². The largest absolute Gasteiger partial charge is 0.446 e. The number of urea groups is 1. The predicted molar refractivity (Wildman–Crippen MR) is 124 cm³/mol. The number of piperazine rings is 1. The van der Waals surface area contributed by atoms with Crippen LogP contribution in [0.4, 0.5) is 41.0 Å². The molecular formula is C22H21F3N6OS. The van der Waals surface area contributed by atoms with E-state index in [-0.39, 0.29) is 16.7 Å². The molecule has 1 fully saturated rings. The van der Waals surface area contributed by atoms with Gasteiger partial charge in [-0.2, -0.15) is 13.2 Å². The first-order valence-electron chi connectivity index (χ1n) is 10.2. The number of aromatic nitrogens is 2. The molecule has 11 heteroatoms. The van der Waals surface area contributed by atoms with E-state index in [0.29, 0.717) is 17.3 Å². The average molecular weight is 475 g/mol. The molecule has 33 heavy (non-hydrogen) atoms. The lowest BCUT2D eigenvalue weighted by Gasteiger charge is -2.36. The summed E-state index contributed by atoms with van der Waals surface area (Å²) >= 11 is -0.209. The molecule has 1 aliphatic rings. The van der Waals surface area contributed by atoms with Crippen LogP contribution in [-0.2, 0) is 0 Å². The van der Waals surface area contributed by atoms with E-state index in [1.165, 1.54) is 42.3 Å². The number of halogens is 3. The highest BCUT2D eigenvalue weighted by molar-refractivity contribution is 8.00. The van der Waals surface area contributed by atoms with Gasteiger partial charge in [0.15, 0.2) is 0 Å². The Morgan fingerprint density at radius 3 is 2.00 bits per heavy atom. The molecular weight excluding hydrogens is 453 g/mol. The van der Waals surface area contributed by atoms with Crippen molar-refractivity contribution in [2.75, 3.05) is 46.6 Å². The predicted octanol–water partition coefficient (Wildman–Crippen LogP) is 5.06. The summed E-state index contributed by atoms with van der Waals surface area (Å²) in [5, 5.41) is 5.18. The first-order chi connectivity index (χ1) is 15.9. The Hall–Kier alpha value is -3.47. The number of carbonyl (C=O) groups is 1. The Bertz CT molecular complexity index is 1060. The van der Waals surface area contributed by atoms with Crippen LogP contribution in [0, 0.1) is 0 Å². The zero-order chi connectivity index (χ0) is 23.3. The number of nitrogens with zero attached hydrogens (tertiary/aromatic N) is 4. The van der Waals surface area contributed by atoms with E-state index in [1.54, 1.807) is 0 Å². The number of amides is 2. The van der Waals surface area contributed by atoms with Crippen molar-refractivity contribution in [3.63, 3.8) is 0 Å². The molecule has 2 N–H and O–H groups in total. The lowest BCUT2D eigenvalue weighted by Crippen LogP contribution is -2.47. The minimum absolute atomic E-state index is 0.0436. The third-order valence-electron chi connectivity index (χ3n) is 4.93. The summed E-state index contributed by atoms with van der Waals surface area (Å²) in [5.74, 6) is 0.589. The maximum Gasteiger partial charge on any atom is 0.446 e. The Kier molecular flexibility index (Phi) is 6.87. The summed E-state index contributed by atoms with van der Waals surface area (Å²) < 4.78 is 37.2. The van der Waals surface area contributed by atoms with Crippen molar-refractivity contribution in [3.05, 3.63) is 67.0 Å². The molecule has 3 aromatic rings. The number of hydrogen-bond acceptors (Lipinski definition) is 6. The normalized spacial score (nSPS) is 14.2. The van der Waals surface area contributed by atoms with Crippen molar-refractivity contribution in [1.29, 1.82) is 0 Å². The number of benzene rings is 2. The molecule has 172 valence electrons. The number of alkyl halides is 3. The molecule has 1 aliphatic heterocycles. The van der Waals surface area contributed by atoms with E-state index in [0.717, 1.165) is 26.2 Å². The van der Waals surface area contributed by atoms with Gasteiger partial charge in [-0.3, -0.25) is 0 Å². The second-order valence-electron chi connectivity index (χ2n) is 7.23. The quantitative estimate of drug-likeness (QED) is 0.504. The highest BCUT2D eigenvalue weighted by Crippen LogP contribution is 2.37. The molecule has 1 saturated heterocycles. The number of nitrogens with one attached hydrogen (secondary N) is 2. The van der Waals surface area contributed by atoms with Crippen molar-refractivity contribution >= 4 is 40.8 Å². The molecule has 0 saturated carbocycles. The molecule has 0 atom stereocenters. The van der Waals surface area contributed by atoms with Crippen LogP contribution in [0.25, 0.3) is 0 Å². The summed E-state index contributed by atoms with van der Waals surface area (Å²) in [6.07, 6.45) is 3.04. The highest BCUT2D eigenvalue weighted by Gasteiger charge is 2.29. The number of anilines is 4. The molecule has 7 nitrogen and oxygen atoms in total. The summed E-state index contributed by atoms with van der Waals surface area (Å²) in [4.78, 5) is 25.3. The molecule has 0 aliphatic carbocycles. The second kappa shape index (κ2) is 9.99. The molecule has 0 bridgehead atoms. The zero-order valence-corrected chi connectivity index (χ0v) is 18.2. The topological polar surface area (TPSA) is 73.4 Å². The van der Waals surface area contributed by atoms with Crippen LogP contribution < -0.4 is 20.4 Å². The zero-order valence-electron chi connectivity index (χ0n) is 17.4. The fraction of sp³-hybridized carbons (Fsp3) is 0.227. The third kappa shape index (κ3) is 6.51. The van der Waals surface area contributed by atoms with Crippen LogP contribution in [0.5, 0.6) is 0 Å². The van der Waals surface area contributed by atoms with E-state index in [9.17, 15) is 18.0 Å². The maximum atomic E-state index is 12.4. The molecule has 1 aromatic heterocycles. The summed E-state index contributed by atoms with van der Waals surface area (Å²) in [7, 11) is 0. The van der Waals surface area contributed by atoms with Crippen molar-refractivity contribution in [2.24, 2.45) is 0 Å². The summed E-state index contributed by atoms with van der Waals surface area (Å²) in [6, 6.07) is 15.1. The number of hydrogen-bond donors (Lipinski definition) is 2. The van der Waals surface area contributed by atoms with Gasteiger partial charge in [-0.05, 0) is 48.2 Å². The first-order valence-corrected chi connectivity index (χ1v) is 11.0.